The van der Waals surface area contributed by atoms with Crippen molar-refractivity contribution < 1.29 is 9.53 Å². The Kier molecular flexibility index (Phi) is 4.14. The molecular formula is C15H18N4O2. The van der Waals surface area contributed by atoms with E-state index >= 15 is 0 Å². The van der Waals surface area contributed by atoms with Crippen LogP contribution in [0.4, 0.5) is 4.79 Å². The van der Waals surface area contributed by atoms with Gasteiger partial charge in [0.2, 0.25) is 0 Å². The van der Waals surface area contributed by atoms with Crippen molar-refractivity contribution >= 4 is 6.09 Å². The van der Waals surface area contributed by atoms with E-state index in [4.69, 9.17) is 4.74 Å². The molecule has 0 spiro atoms. The lowest BCUT2D eigenvalue weighted by molar-refractivity contribution is 0.0831. The Morgan fingerprint density at radius 3 is 2.48 bits per heavy atom. The summed E-state index contributed by atoms with van der Waals surface area (Å²) < 4.78 is 7.36. The van der Waals surface area contributed by atoms with E-state index in [-0.39, 0.29) is 6.09 Å². The van der Waals surface area contributed by atoms with Gasteiger partial charge in [0.25, 0.3) is 0 Å². The maximum Gasteiger partial charge on any atom is 0.410 e. The summed E-state index contributed by atoms with van der Waals surface area (Å²) in [5.41, 5.74) is 1.00. The van der Waals surface area contributed by atoms with Crippen molar-refractivity contribution in [2.45, 2.75) is 25.5 Å². The van der Waals surface area contributed by atoms with Crippen LogP contribution in [-0.2, 0) is 11.3 Å². The summed E-state index contributed by atoms with van der Waals surface area (Å²) in [4.78, 5) is 13.8. The fraction of sp³-hybridized carbons (Fsp3) is 0.400. The largest absolute Gasteiger partial charge is 0.445 e. The molecule has 0 radical (unpaired) electrons. The summed E-state index contributed by atoms with van der Waals surface area (Å²) in [5, 5.41) is 7.64. The molecule has 0 aliphatic carbocycles. The average Bonchev–Trinajstić information content (AvgIpc) is 3.08. The molecular weight excluding hydrogens is 268 g/mol. The van der Waals surface area contributed by atoms with Gasteiger partial charge in [0.1, 0.15) is 19.3 Å². The molecule has 1 aromatic carbocycles. The van der Waals surface area contributed by atoms with Crippen molar-refractivity contribution in [3.8, 4) is 0 Å². The standard InChI is InChI=1S/C15H18N4O2/c20-15(21-10-13-4-2-1-3-5-13)18-8-6-14(7-9-18)19-11-16-17-12-19/h1-5,11-12,14H,6-10H2. The van der Waals surface area contributed by atoms with E-state index in [1.807, 2.05) is 34.9 Å². The van der Waals surface area contributed by atoms with Crippen LogP contribution in [-0.4, -0.2) is 38.8 Å². The highest BCUT2D eigenvalue weighted by Crippen LogP contribution is 2.22. The molecule has 1 fully saturated rings. The minimum atomic E-state index is -0.235. The Balaban J connectivity index is 1.47. The fourth-order valence-corrected chi connectivity index (χ4v) is 2.55. The summed E-state index contributed by atoms with van der Waals surface area (Å²) in [6, 6.07) is 10.1. The normalized spacial score (nSPS) is 15.9. The van der Waals surface area contributed by atoms with E-state index < -0.39 is 0 Å². The third-order valence-corrected chi connectivity index (χ3v) is 3.79. The number of carbonyl (C=O) groups excluding carboxylic acids is 1. The Labute approximate surface area is 123 Å². The predicted octanol–water partition coefficient (Wildman–Crippen LogP) is 2.25. The van der Waals surface area contributed by atoms with Gasteiger partial charge in [0.05, 0.1) is 0 Å². The van der Waals surface area contributed by atoms with Gasteiger partial charge >= 0.3 is 6.09 Å². The molecule has 21 heavy (non-hydrogen) atoms. The van der Waals surface area contributed by atoms with Gasteiger partial charge in [-0.15, -0.1) is 10.2 Å². The number of rotatable bonds is 3. The Morgan fingerprint density at radius 1 is 1.14 bits per heavy atom. The van der Waals surface area contributed by atoms with Crippen LogP contribution in [0.1, 0.15) is 24.4 Å². The van der Waals surface area contributed by atoms with Crippen molar-refractivity contribution in [2.75, 3.05) is 13.1 Å². The SMILES string of the molecule is O=C(OCc1ccccc1)N1CCC(n2cnnc2)CC1. The molecule has 1 aliphatic heterocycles. The van der Waals surface area contributed by atoms with E-state index in [9.17, 15) is 4.79 Å². The zero-order valence-electron chi connectivity index (χ0n) is 11.8. The molecule has 1 amide bonds. The summed E-state index contributed by atoms with van der Waals surface area (Å²) in [6.45, 7) is 1.73. The molecule has 0 unspecified atom stereocenters. The maximum atomic E-state index is 12.0. The van der Waals surface area contributed by atoms with E-state index in [0.717, 1.165) is 18.4 Å². The molecule has 3 rings (SSSR count). The van der Waals surface area contributed by atoms with Crippen LogP contribution in [0.25, 0.3) is 0 Å². The lowest BCUT2D eigenvalue weighted by atomic mass is 10.1. The zero-order chi connectivity index (χ0) is 14.5. The molecule has 6 heteroatoms. The average molecular weight is 286 g/mol. The number of benzene rings is 1. The number of amides is 1. The van der Waals surface area contributed by atoms with E-state index in [0.29, 0.717) is 25.7 Å². The van der Waals surface area contributed by atoms with Crippen LogP contribution in [0.3, 0.4) is 0 Å². The van der Waals surface area contributed by atoms with Gasteiger partial charge < -0.3 is 14.2 Å². The van der Waals surface area contributed by atoms with Crippen LogP contribution in [0, 0.1) is 0 Å². The minimum Gasteiger partial charge on any atom is -0.445 e. The number of likely N-dealkylation sites (tertiary alicyclic amines) is 1. The van der Waals surface area contributed by atoms with Gasteiger partial charge in [-0.3, -0.25) is 0 Å². The fourth-order valence-electron chi connectivity index (χ4n) is 2.55. The van der Waals surface area contributed by atoms with Gasteiger partial charge in [0.15, 0.2) is 0 Å². The summed E-state index contributed by atoms with van der Waals surface area (Å²) in [7, 11) is 0. The number of hydrogen-bond acceptors (Lipinski definition) is 4. The van der Waals surface area contributed by atoms with Crippen molar-refractivity contribution in [1.82, 2.24) is 19.7 Å². The van der Waals surface area contributed by atoms with Crippen molar-refractivity contribution in [3.05, 3.63) is 48.5 Å². The number of ether oxygens (including phenoxy) is 1. The van der Waals surface area contributed by atoms with Crippen molar-refractivity contribution in [3.63, 3.8) is 0 Å². The van der Waals surface area contributed by atoms with Crippen LogP contribution in [0.15, 0.2) is 43.0 Å². The third kappa shape index (κ3) is 3.39. The maximum absolute atomic E-state index is 12.0. The molecule has 0 bridgehead atoms. The topological polar surface area (TPSA) is 60.2 Å². The number of hydrogen-bond donors (Lipinski definition) is 0. The molecule has 6 nitrogen and oxygen atoms in total. The lowest BCUT2D eigenvalue weighted by Crippen LogP contribution is -2.39. The Hall–Kier alpha value is -2.37. The Bertz CT molecular complexity index is 563. The zero-order valence-corrected chi connectivity index (χ0v) is 11.8. The predicted molar refractivity (Wildman–Crippen MR) is 76.5 cm³/mol. The third-order valence-electron chi connectivity index (χ3n) is 3.79. The van der Waals surface area contributed by atoms with Crippen LogP contribution in [0.5, 0.6) is 0 Å². The highest BCUT2D eigenvalue weighted by Gasteiger charge is 2.24. The summed E-state index contributed by atoms with van der Waals surface area (Å²) >= 11 is 0. The summed E-state index contributed by atoms with van der Waals surface area (Å²) in [6.07, 6.45) is 5.03. The second kappa shape index (κ2) is 6.39. The van der Waals surface area contributed by atoms with Crippen LogP contribution in [0.2, 0.25) is 0 Å². The van der Waals surface area contributed by atoms with Gasteiger partial charge in [-0.2, -0.15) is 0 Å². The minimum absolute atomic E-state index is 0.235. The van der Waals surface area contributed by atoms with Gasteiger partial charge in [-0.05, 0) is 18.4 Å². The monoisotopic (exact) mass is 286 g/mol. The van der Waals surface area contributed by atoms with Gasteiger partial charge in [-0.1, -0.05) is 30.3 Å². The first kappa shape index (κ1) is 13.6. The second-order valence-corrected chi connectivity index (χ2v) is 5.17. The van der Waals surface area contributed by atoms with Crippen LogP contribution < -0.4 is 0 Å². The molecule has 110 valence electrons. The molecule has 0 N–H and O–H groups in total. The first-order valence-electron chi connectivity index (χ1n) is 7.12. The molecule has 0 atom stereocenters. The first-order chi connectivity index (χ1) is 10.3. The lowest BCUT2D eigenvalue weighted by Gasteiger charge is -2.31. The molecule has 1 saturated heterocycles. The second-order valence-electron chi connectivity index (χ2n) is 5.17. The van der Waals surface area contributed by atoms with Crippen LogP contribution >= 0.6 is 0 Å². The number of carbonyl (C=O) groups is 1. The number of aromatic nitrogens is 3. The number of piperidine rings is 1. The van der Waals surface area contributed by atoms with E-state index in [1.165, 1.54) is 0 Å². The Morgan fingerprint density at radius 2 is 1.81 bits per heavy atom. The first-order valence-corrected chi connectivity index (χ1v) is 7.12. The number of nitrogens with zero attached hydrogens (tertiary/aromatic N) is 4. The highest BCUT2D eigenvalue weighted by molar-refractivity contribution is 5.67. The molecule has 2 aromatic rings. The smallest absolute Gasteiger partial charge is 0.410 e. The van der Waals surface area contributed by atoms with Crippen molar-refractivity contribution in [1.29, 1.82) is 0 Å². The quantitative estimate of drug-likeness (QED) is 0.868. The molecule has 1 aromatic heterocycles. The van der Waals surface area contributed by atoms with Gasteiger partial charge in [-0.25, -0.2) is 4.79 Å². The molecule has 0 saturated carbocycles. The molecule has 2 heterocycles. The van der Waals surface area contributed by atoms with E-state index in [2.05, 4.69) is 10.2 Å². The highest BCUT2D eigenvalue weighted by atomic mass is 16.6. The van der Waals surface area contributed by atoms with Gasteiger partial charge in [0, 0.05) is 19.1 Å². The summed E-state index contributed by atoms with van der Waals surface area (Å²) in [5.74, 6) is 0. The van der Waals surface area contributed by atoms with Crippen molar-refractivity contribution in [2.24, 2.45) is 0 Å². The van der Waals surface area contributed by atoms with E-state index in [1.54, 1.807) is 17.6 Å². The molecule has 1 aliphatic rings.